The van der Waals surface area contributed by atoms with Gasteiger partial charge < -0.3 is 15.5 Å². The van der Waals surface area contributed by atoms with Crippen molar-refractivity contribution in [1.82, 2.24) is 14.8 Å². The third-order valence-corrected chi connectivity index (χ3v) is 7.20. The molecule has 0 unspecified atom stereocenters. The smallest absolute Gasteiger partial charge is 0.320 e. The first kappa shape index (κ1) is 21.6. The van der Waals surface area contributed by atoms with Crippen molar-refractivity contribution in [1.29, 1.82) is 0 Å². The molecule has 1 aromatic carbocycles. The lowest BCUT2D eigenvalue weighted by Gasteiger charge is -2.41. The van der Waals surface area contributed by atoms with Crippen molar-refractivity contribution in [3.8, 4) is 11.3 Å². The number of urea groups is 1. The van der Waals surface area contributed by atoms with Crippen LogP contribution >= 0.6 is 11.6 Å². The number of primary amides is 1. The fraction of sp³-hybridized carbons (Fsp3) is 0.381. The van der Waals surface area contributed by atoms with Gasteiger partial charge in [-0.15, -0.1) is 0 Å². The van der Waals surface area contributed by atoms with Gasteiger partial charge >= 0.3 is 6.03 Å². The van der Waals surface area contributed by atoms with Gasteiger partial charge in [-0.1, -0.05) is 35.9 Å². The minimum absolute atomic E-state index is 0.0558. The highest BCUT2D eigenvalue weighted by Gasteiger charge is 2.37. The van der Waals surface area contributed by atoms with Crippen LogP contribution in [0.1, 0.15) is 17.9 Å². The van der Waals surface area contributed by atoms with Crippen molar-refractivity contribution < 1.29 is 18.0 Å². The molecule has 2 aromatic rings. The molecule has 10 heteroatoms. The number of aromatic nitrogens is 1. The molecule has 2 aliphatic rings. The van der Waals surface area contributed by atoms with Crippen molar-refractivity contribution in [2.45, 2.75) is 17.2 Å². The molecular formula is C21H23ClN4O4S. The van der Waals surface area contributed by atoms with Crippen LogP contribution in [0.2, 0.25) is 5.02 Å². The Morgan fingerprint density at radius 3 is 2.39 bits per heavy atom. The molecule has 3 amide bonds. The van der Waals surface area contributed by atoms with Crippen LogP contribution in [0.15, 0.2) is 41.4 Å². The molecule has 0 saturated carbocycles. The Kier molecular flexibility index (Phi) is 5.65. The molecule has 2 N–H and O–H groups in total. The number of nitrogens with two attached hydrogens (primary N) is 1. The van der Waals surface area contributed by atoms with Gasteiger partial charge in [-0.25, -0.2) is 13.2 Å². The summed E-state index contributed by atoms with van der Waals surface area (Å²) in [6.45, 7) is 2.15. The number of benzene rings is 1. The fourth-order valence-electron chi connectivity index (χ4n) is 4.05. The molecule has 8 nitrogen and oxygen atoms in total. The Hall–Kier alpha value is -2.65. The fourth-order valence-corrected chi connectivity index (χ4v) is 5.13. The van der Waals surface area contributed by atoms with E-state index in [0.717, 1.165) is 11.8 Å². The largest absolute Gasteiger partial charge is 0.369 e. The van der Waals surface area contributed by atoms with E-state index < -0.39 is 9.84 Å². The summed E-state index contributed by atoms with van der Waals surface area (Å²) < 4.78 is 24.2. The lowest BCUT2D eigenvalue weighted by atomic mass is 9.91. The van der Waals surface area contributed by atoms with Crippen LogP contribution in [-0.2, 0) is 14.6 Å². The molecule has 0 bridgehead atoms. The summed E-state index contributed by atoms with van der Waals surface area (Å²) in [6, 6.07) is 8.89. The molecule has 0 spiro atoms. The summed E-state index contributed by atoms with van der Waals surface area (Å²) in [4.78, 5) is 31.7. The first-order valence-electron chi connectivity index (χ1n) is 9.92. The minimum atomic E-state index is -3.48. The van der Waals surface area contributed by atoms with Gasteiger partial charge in [0.15, 0.2) is 9.84 Å². The van der Waals surface area contributed by atoms with Crippen molar-refractivity contribution >= 4 is 33.4 Å². The molecule has 4 rings (SSSR count). The van der Waals surface area contributed by atoms with E-state index in [1.54, 1.807) is 9.80 Å². The Balaban J connectivity index is 1.42. The van der Waals surface area contributed by atoms with Gasteiger partial charge in [0.1, 0.15) is 0 Å². The molecule has 2 fully saturated rings. The molecule has 3 heterocycles. The summed E-state index contributed by atoms with van der Waals surface area (Å²) in [5.41, 5.74) is 7.46. The number of likely N-dealkylation sites (tertiary alicyclic amines) is 2. The number of hydrogen-bond acceptors (Lipinski definition) is 5. The predicted molar refractivity (Wildman–Crippen MR) is 116 cm³/mol. The van der Waals surface area contributed by atoms with Crippen LogP contribution in [0.3, 0.4) is 0 Å². The van der Waals surface area contributed by atoms with Crippen LogP contribution < -0.4 is 5.73 Å². The zero-order chi connectivity index (χ0) is 22.3. The first-order chi connectivity index (χ1) is 14.6. The van der Waals surface area contributed by atoms with Gasteiger partial charge in [-0.3, -0.25) is 9.78 Å². The van der Waals surface area contributed by atoms with E-state index in [2.05, 4.69) is 4.98 Å². The molecule has 2 saturated heterocycles. The third kappa shape index (κ3) is 4.38. The molecule has 0 aliphatic carbocycles. The van der Waals surface area contributed by atoms with E-state index in [9.17, 15) is 18.0 Å². The first-order valence-corrected chi connectivity index (χ1v) is 12.2. The molecule has 164 valence electrons. The number of amides is 3. The lowest BCUT2D eigenvalue weighted by Crippen LogP contribution is -2.53. The Morgan fingerprint density at radius 1 is 1.13 bits per heavy atom. The van der Waals surface area contributed by atoms with Gasteiger partial charge in [-0.05, 0) is 18.1 Å². The topological polar surface area (TPSA) is 114 Å². The molecule has 31 heavy (non-hydrogen) atoms. The standard InChI is InChI=1S/C21H23ClN4O4S/c1-31(29,30)18-8-17(22)9-24-19(18)14-4-2-13(3-5-14)16-11-26(12-16)21(28)25-7-6-15(10-25)20(23)27/h2-5,8-9,15-16H,6-7,10-12H2,1H3,(H2,23,27)/t15-/m0/s1. The van der Waals surface area contributed by atoms with E-state index >= 15 is 0 Å². The van der Waals surface area contributed by atoms with E-state index in [4.69, 9.17) is 17.3 Å². The zero-order valence-corrected chi connectivity index (χ0v) is 18.6. The average molecular weight is 463 g/mol. The van der Waals surface area contributed by atoms with Gasteiger partial charge in [0.2, 0.25) is 5.91 Å². The second kappa shape index (κ2) is 8.12. The maximum Gasteiger partial charge on any atom is 0.320 e. The second-order valence-electron chi connectivity index (χ2n) is 8.11. The number of hydrogen-bond donors (Lipinski definition) is 1. The number of sulfone groups is 1. The van der Waals surface area contributed by atoms with Crippen LogP contribution in [0.5, 0.6) is 0 Å². The highest BCUT2D eigenvalue weighted by Crippen LogP contribution is 2.32. The van der Waals surface area contributed by atoms with E-state index in [-0.39, 0.29) is 33.7 Å². The highest BCUT2D eigenvalue weighted by molar-refractivity contribution is 7.90. The van der Waals surface area contributed by atoms with E-state index in [1.165, 1.54) is 12.3 Å². The molecular weight excluding hydrogens is 440 g/mol. The number of halogens is 1. The summed E-state index contributed by atoms with van der Waals surface area (Å²) >= 11 is 5.93. The SMILES string of the molecule is CS(=O)(=O)c1cc(Cl)cnc1-c1ccc(C2CN(C(=O)N3CC[C@H](C(N)=O)C3)C2)cc1. The molecule has 1 atom stereocenters. The van der Waals surface area contributed by atoms with Gasteiger partial charge in [0, 0.05) is 50.1 Å². The normalized spacial score (nSPS) is 19.4. The predicted octanol–water partition coefficient (Wildman–Crippen LogP) is 2.13. The maximum absolute atomic E-state index is 12.6. The summed E-state index contributed by atoms with van der Waals surface area (Å²) in [5, 5.41) is 0.264. The third-order valence-electron chi connectivity index (χ3n) is 5.89. The van der Waals surface area contributed by atoms with Crippen molar-refractivity contribution in [2.75, 3.05) is 32.4 Å². The Labute approximate surface area is 185 Å². The Morgan fingerprint density at radius 2 is 1.81 bits per heavy atom. The number of pyridine rings is 1. The van der Waals surface area contributed by atoms with Gasteiger partial charge in [-0.2, -0.15) is 0 Å². The summed E-state index contributed by atoms with van der Waals surface area (Å²) in [7, 11) is -3.48. The monoisotopic (exact) mass is 462 g/mol. The van der Waals surface area contributed by atoms with Gasteiger partial charge in [0.05, 0.1) is 21.5 Å². The van der Waals surface area contributed by atoms with Crippen molar-refractivity contribution in [3.05, 3.63) is 47.1 Å². The summed E-state index contributed by atoms with van der Waals surface area (Å²) in [6.07, 6.45) is 3.17. The number of carbonyl (C=O) groups is 2. The van der Waals surface area contributed by atoms with Crippen LogP contribution in [0.4, 0.5) is 4.79 Å². The van der Waals surface area contributed by atoms with Crippen LogP contribution in [-0.4, -0.2) is 67.6 Å². The molecule has 1 aromatic heterocycles. The molecule has 0 radical (unpaired) electrons. The van der Waals surface area contributed by atoms with E-state index in [1.807, 2.05) is 24.3 Å². The lowest BCUT2D eigenvalue weighted by molar-refractivity contribution is -0.121. The van der Waals surface area contributed by atoms with Crippen molar-refractivity contribution in [3.63, 3.8) is 0 Å². The average Bonchev–Trinajstić information content (AvgIpc) is 3.17. The van der Waals surface area contributed by atoms with Crippen LogP contribution in [0.25, 0.3) is 11.3 Å². The van der Waals surface area contributed by atoms with Crippen LogP contribution in [0, 0.1) is 5.92 Å². The number of nitrogens with zero attached hydrogens (tertiary/aromatic N) is 3. The minimum Gasteiger partial charge on any atom is -0.369 e. The summed E-state index contributed by atoms with van der Waals surface area (Å²) in [5.74, 6) is -0.405. The molecule has 2 aliphatic heterocycles. The van der Waals surface area contributed by atoms with E-state index in [0.29, 0.717) is 43.9 Å². The van der Waals surface area contributed by atoms with Gasteiger partial charge in [0.25, 0.3) is 0 Å². The Bertz CT molecular complexity index is 1130. The van der Waals surface area contributed by atoms with Crippen molar-refractivity contribution in [2.24, 2.45) is 11.7 Å². The maximum atomic E-state index is 12.6. The zero-order valence-electron chi connectivity index (χ0n) is 17.0. The quantitative estimate of drug-likeness (QED) is 0.747. The second-order valence-corrected chi connectivity index (χ2v) is 10.5. The highest BCUT2D eigenvalue weighted by atomic mass is 35.5. The number of rotatable bonds is 4. The number of carbonyl (C=O) groups excluding carboxylic acids is 2.